The van der Waals surface area contributed by atoms with E-state index in [4.69, 9.17) is 15.2 Å². The van der Waals surface area contributed by atoms with Gasteiger partial charge in [0.05, 0.1) is 14.7 Å². The van der Waals surface area contributed by atoms with E-state index in [-0.39, 0.29) is 5.97 Å². The second-order valence-corrected chi connectivity index (χ2v) is 21.0. The lowest BCUT2D eigenvalue weighted by Crippen LogP contribution is -2.37. The Labute approximate surface area is 255 Å². The largest absolute Gasteiger partial charge is 0.465 e. The summed E-state index contributed by atoms with van der Waals surface area (Å²) in [6.45, 7) is 25.9. The van der Waals surface area contributed by atoms with Crippen LogP contribution in [-0.4, -0.2) is 39.9 Å². The molecule has 0 amide bonds. The minimum Gasteiger partial charge on any atom is -0.465 e. The van der Waals surface area contributed by atoms with Crippen LogP contribution in [0.2, 0.25) is 24.2 Å². The minimum absolute atomic E-state index is 0.278. The highest BCUT2D eigenvalue weighted by Crippen LogP contribution is 2.34. The summed E-state index contributed by atoms with van der Waals surface area (Å²) in [5.74, 6) is 1.76. The van der Waals surface area contributed by atoms with Gasteiger partial charge in [-0.3, -0.25) is 4.79 Å². The second-order valence-electron chi connectivity index (χ2n) is 15.5. The highest BCUT2D eigenvalue weighted by Gasteiger charge is 2.29. The summed E-state index contributed by atoms with van der Waals surface area (Å²) in [6, 6.07) is 14.0. The minimum atomic E-state index is -1.50. The molecule has 0 aromatic heterocycles. The molecule has 4 nitrogen and oxygen atoms in total. The molecule has 3 unspecified atom stereocenters. The van der Waals surface area contributed by atoms with Crippen molar-refractivity contribution in [1.82, 2.24) is 0 Å². The monoisotopic (exact) mass is 589 g/mol. The fourth-order valence-electron chi connectivity index (χ4n) is 6.60. The highest BCUT2D eigenvalue weighted by atomic mass is 28.3. The fourth-order valence-corrected chi connectivity index (χ4v) is 10.2. The van der Waals surface area contributed by atoms with Crippen molar-refractivity contribution in [3.8, 4) is 0 Å². The summed E-state index contributed by atoms with van der Waals surface area (Å²) in [4.78, 5) is 12.5. The van der Waals surface area contributed by atoms with Crippen LogP contribution in [0.1, 0.15) is 107 Å². The highest BCUT2D eigenvalue weighted by molar-refractivity contribution is 6.79. The van der Waals surface area contributed by atoms with Crippen molar-refractivity contribution in [1.29, 1.82) is 0 Å². The first-order valence-corrected chi connectivity index (χ1v) is 19.5. The zero-order valence-corrected chi connectivity index (χ0v) is 29.7. The van der Waals surface area contributed by atoms with Gasteiger partial charge < -0.3 is 15.2 Å². The smallest absolute Gasteiger partial charge is 0.323 e. The zero-order valence-electron chi connectivity index (χ0n) is 28.7. The molecule has 0 radical (unpaired) electrons. The fraction of sp³-hybridized carbons (Fsp3) is 0.806. The number of rotatable bonds is 20. The number of benzene rings is 1. The van der Waals surface area contributed by atoms with Gasteiger partial charge in [0, 0.05) is 13.2 Å². The van der Waals surface area contributed by atoms with E-state index in [1.807, 2.05) is 30.3 Å². The van der Waals surface area contributed by atoms with Crippen molar-refractivity contribution in [3.63, 3.8) is 0 Å². The topological polar surface area (TPSA) is 61.5 Å². The number of carbonyl (C=O) groups is 1. The van der Waals surface area contributed by atoms with E-state index in [0.29, 0.717) is 35.7 Å². The first-order chi connectivity index (χ1) is 19.1. The molecular weight excluding hydrogens is 522 g/mol. The van der Waals surface area contributed by atoms with Crippen LogP contribution >= 0.6 is 0 Å². The number of hydrogen-bond donors (Lipinski definition) is 1. The Morgan fingerprint density at radius 3 is 2.05 bits per heavy atom. The van der Waals surface area contributed by atoms with Crippen LogP contribution < -0.4 is 5.73 Å². The average molecular weight is 590 g/mol. The Morgan fingerprint density at radius 2 is 1.49 bits per heavy atom. The van der Waals surface area contributed by atoms with Crippen LogP contribution in [0, 0.1) is 28.6 Å². The van der Waals surface area contributed by atoms with Crippen LogP contribution in [-0.2, 0) is 20.7 Å². The maximum atomic E-state index is 12.5. The Balaban J connectivity index is 2.54. The summed E-state index contributed by atoms with van der Waals surface area (Å²) in [6.07, 6.45) is 6.69. The van der Waals surface area contributed by atoms with Crippen LogP contribution in [0.4, 0.5) is 0 Å². The Kier molecular flexibility index (Phi) is 17.1. The second kappa shape index (κ2) is 18.5. The normalized spacial score (nSPS) is 15.8. The van der Waals surface area contributed by atoms with Crippen LogP contribution in [0.25, 0.3) is 0 Å². The molecule has 0 heterocycles. The van der Waals surface area contributed by atoms with Crippen molar-refractivity contribution in [3.05, 3.63) is 35.9 Å². The standard InChI is InChI=1S/C36H67NO3Si/c1-11-41(12-2,24-22-40-34(38)33(37)25-31-17-14-13-15-18-31)23-16-21-39-28-32(30(4)27-36(8,9)10)20-19-29(3)26-35(5,6)7/h13-15,17-18,29-30,32-33H,11-12,16,19-28,37H2,1-10H3/t29?,30?,32?,33-/m0/s1. The van der Waals surface area contributed by atoms with Crippen LogP contribution in [0.3, 0.4) is 0 Å². The van der Waals surface area contributed by atoms with E-state index in [2.05, 4.69) is 69.2 Å². The van der Waals surface area contributed by atoms with Crippen molar-refractivity contribution < 1.29 is 14.3 Å². The SMILES string of the molecule is CC[Si](CC)(CCCOCC(CCC(C)CC(C)(C)C)C(C)CC(C)(C)C)CCOC(=O)[C@@H](N)Cc1ccccc1. The Morgan fingerprint density at radius 1 is 0.878 bits per heavy atom. The molecule has 1 aromatic rings. The summed E-state index contributed by atoms with van der Waals surface area (Å²) in [5.41, 5.74) is 7.95. The van der Waals surface area contributed by atoms with Crippen molar-refractivity contribution >= 4 is 14.0 Å². The summed E-state index contributed by atoms with van der Waals surface area (Å²) < 4.78 is 12.1. The predicted octanol–water partition coefficient (Wildman–Crippen LogP) is 9.54. The molecule has 0 aliphatic rings. The quantitative estimate of drug-likeness (QED) is 0.0934. The van der Waals surface area contributed by atoms with Gasteiger partial charge in [-0.15, -0.1) is 0 Å². The van der Waals surface area contributed by atoms with Crippen LogP contribution in [0.5, 0.6) is 0 Å². The van der Waals surface area contributed by atoms with Crippen molar-refractivity contribution in [2.24, 2.45) is 34.3 Å². The maximum absolute atomic E-state index is 12.5. The number of hydrogen-bond acceptors (Lipinski definition) is 4. The van der Waals surface area contributed by atoms with Gasteiger partial charge in [-0.25, -0.2) is 0 Å². The van der Waals surface area contributed by atoms with E-state index < -0.39 is 14.1 Å². The Bertz CT molecular complexity index is 825. The molecule has 238 valence electrons. The van der Waals surface area contributed by atoms with Gasteiger partial charge in [0.2, 0.25) is 0 Å². The van der Waals surface area contributed by atoms with Gasteiger partial charge in [-0.05, 0) is 72.3 Å². The van der Waals surface area contributed by atoms with Gasteiger partial charge in [-0.2, -0.15) is 0 Å². The summed E-state index contributed by atoms with van der Waals surface area (Å²) in [7, 11) is -1.50. The van der Waals surface area contributed by atoms with Gasteiger partial charge >= 0.3 is 5.97 Å². The molecule has 0 fully saturated rings. The molecule has 0 aliphatic carbocycles. The molecule has 0 spiro atoms. The molecule has 1 rings (SSSR count). The average Bonchev–Trinajstić information content (AvgIpc) is 2.87. The molecule has 2 N–H and O–H groups in total. The van der Waals surface area contributed by atoms with E-state index in [1.165, 1.54) is 43.8 Å². The summed E-state index contributed by atoms with van der Waals surface area (Å²) in [5, 5.41) is 0. The third kappa shape index (κ3) is 16.9. The lowest BCUT2D eigenvalue weighted by molar-refractivity contribution is -0.144. The number of esters is 1. The lowest BCUT2D eigenvalue weighted by atomic mass is 9.76. The van der Waals surface area contributed by atoms with Crippen LogP contribution in [0.15, 0.2) is 30.3 Å². The van der Waals surface area contributed by atoms with E-state index in [9.17, 15) is 4.79 Å². The third-order valence-electron chi connectivity index (χ3n) is 9.04. The van der Waals surface area contributed by atoms with E-state index in [1.54, 1.807) is 0 Å². The van der Waals surface area contributed by atoms with Gasteiger partial charge in [0.15, 0.2) is 0 Å². The molecule has 1 aromatic carbocycles. The third-order valence-corrected chi connectivity index (χ3v) is 14.7. The molecule has 0 saturated carbocycles. The van der Waals surface area contributed by atoms with Gasteiger partial charge in [0.1, 0.15) is 6.04 Å². The first-order valence-electron chi connectivity index (χ1n) is 16.6. The molecule has 0 bridgehead atoms. The van der Waals surface area contributed by atoms with E-state index in [0.717, 1.165) is 37.2 Å². The molecular formula is C36H67NO3Si. The molecule has 0 aliphatic heterocycles. The molecule has 41 heavy (non-hydrogen) atoms. The predicted molar refractivity (Wildman–Crippen MR) is 180 cm³/mol. The lowest BCUT2D eigenvalue weighted by Gasteiger charge is -2.32. The first kappa shape index (κ1) is 37.9. The Hall–Kier alpha value is -1.17. The van der Waals surface area contributed by atoms with Gasteiger partial charge in [-0.1, -0.05) is 124 Å². The van der Waals surface area contributed by atoms with Gasteiger partial charge in [0.25, 0.3) is 0 Å². The molecule has 5 heteroatoms. The van der Waals surface area contributed by atoms with Crippen molar-refractivity contribution in [2.75, 3.05) is 19.8 Å². The number of nitrogens with two attached hydrogens (primary N) is 1. The molecule has 0 saturated heterocycles. The molecule has 4 atom stereocenters. The zero-order chi connectivity index (χ0) is 31.1. The van der Waals surface area contributed by atoms with Crippen molar-refractivity contribution in [2.45, 2.75) is 138 Å². The maximum Gasteiger partial charge on any atom is 0.323 e. The summed E-state index contributed by atoms with van der Waals surface area (Å²) >= 11 is 0. The number of carbonyl (C=O) groups excluding carboxylic acids is 1. The number of ether oxygens (including phenoxy) is 2. The van der Waals surface area contributed by atoms with E-state index >= 15 is 0 Å².